The Labute approximate surface area is 350 Å². The number of carbonyl (C=O) groups excluding carboxylic acids is 2. The molecule has 4 aromatic rings. The van der Waals surface area contributed by atoms with E-state index in [-0.39, 0.29) is 30.0 Å². The third-order valence-corrected chi connectivity index (χ3v) is 13.0. The number of hydrogen-bond donors (Lipinski definition) is 1. The van der Waals surface area contributed by atoms with Crippen LogP contribution in [0.4, 0.5) is 14.6 Å². The molecule has 312 valence electrons. The lowest BCUT2D eigenvalue weighted by atomic mass is 9.95. The summed E-state index contributed by atoms with van der Waals surface area (Å²) in [6.07, 6.45) is 5.26. The van der Waals surface area contributed by atoms with Crippen LogP contribution in [0.15, 0.2) is 67.0 Å². The molecule has 2 amide bonds. The van der Waals surface area contributed by atoms with E-state index >= 15 is 8.78 Å². The number of amides is 2. The molecule has 3 aliphatic heterocycles. The van der Waals surface area contributed by atoms with E-state index in [1.54, 1.807) is 0 Å². The van der Waals surface area contributed by atoms with Gasteiger partial charge in [0.1, 0.15) is 29.3 Å². The van der Waals surface area contributed by atoms with Crippen LogP contribution in [0.5, 0.6) is 0 Å². The first-order valence-corrected chi connectivity index (χ1v) is 21.5. The molecule has 3 aromatic carbocycles. The molecule has 0 radical (unpaired) electrons. The Hall–Kier alpha value is -4.49. The molecule has 8 rings (SSSR count). The lowest BCUT2D eigenvalue weighted by Gasteiger charge is -2.40. The molecule has 0 bridgehead atoms. The predicted molar refractivity (Wildman–Crippen MR) is 224 cm³/mol. The smallest absolute Gasteiger partial charge is 0.259 e. The van der Waals surface area contributed by atoms with Gasteiger partial charge in [-0.3, -0.25) is 9.59 Å². The minimum Gasteiger partial charge on any atom is -0.387 e. The van der Waals surface area contributed by atoms with Crippen molar-refractivity contribution < 1.29 is 28.2 Å². The molecule has 4 aliphatic rings. The van der Waals surface area contributed by atoms with Crippen molar-refractivity contribution in [2.24, 2.45) is 0 Å². The van der Waals surface area contributed by atoms with Crippen LogP contribution >= 0.6 is 11.6 Å². The van der Waals surface area contributed by atoms with Crippen LogP contribution in [-0.4, -0.2) is 113 Å². The van der Waals surface area contributed by atoms with Crippen molar-refractivity contribution in [3.63, 3.8) is 0 Å². The molecule has 3 fully saturated rings. The molecule has 1 aliphatic carbocycles. The molecular formula is C46H53ClF2N6O4. The molecule has 1 aromatic heterocycles. The van der Waals surface area contributed by atoms with Gasteiger partial charge in [0.15, 0.2) is 0 Å². The van der Waals surface area contributed by atoms with Gasteiger partial charge in [-0.25, -0.2) is 18.7 Å². The van der Waals surface area contributed by atoms with Crippen LogP contribution in [0.2, 0.25) is 5.02 Å². The van der Waals surface area contributed by atoms with Crippen LogP contribution in [-0.2, 0) is 16.0 Å². The highest BCUT2D eigenvalue weighted by Gasteiger charge is 2.36. The highest BCUT2D eigenvalue weighted by molar-refractivity contribution is 6.30. The van der Waals surface area contributed by atoms with Gasteiger partial charge < -0.3 is 29.4 Å². The number of likely N-dealkylation sites (tertiary alicyclic amines) is 2. The number of aliphatic hydroxyl groups is 1. The zero-order chi connectivity index (χ0) is 41.2. The van der Waals surface area contributed by atoms with Gasteiger partial charge in [0, 0.05) is 69.5 Å². The zero-order valence-corrected chi connectivity index (χ0v) is 34.6. The van der Waals surface area contributed by atoms with Crippen molar-refractivity contribution in [3.8, 4) is 11.1 Å². The van der Waals surface area contributed by atoms with Crippen molar-refractivity contribution in [1.82, 2.24) is 24.7 Å². The number of aryl methyl sites for hydroxylation is 1. The fourth-order valence-electron chi connectivity index (χ4n) is 9.36. The fourth-order valence-corrected chi connectivity index (χ4v) is 9.49. The van der Waals surface area contributed by atoms with Crippen molar-refractivity contribution in [3.05, 3.63) is 112 Å². The number of benzene rings is 3. The Balaban J connectivity index is 0.832. The first-order chi connectivity index (χ1) is 28.6. The Bertz CT molecular complexity index is 2110. The topological polar surface area (TPSA) is 102 Å². The molecule has 4 heterocycles. The minimum absolute atomic E-state index is 0.0442. The van der Waals surface area contributed by atoms with E-state index in [9.17, 15) is 14.7 Å². The molecule has 3 saturated heterocycles. The van der Waals surface area contributed by atoms with Crippen molar-refractivity contribution >= 4 is 29.2 Å². The van der Waals surface area contributed by atoms with Gasteiger partial charge in [-0.2, -0.15) is 0 Å². The molecular weight excluding hydrogens is 774 g/mol. The number of nitrogens with zero attached hydrogens (tertiary/aromatic N) is 6. The number of rotatable bonds is 10. The summed E-state index contributed by atoms with van der Waals surface area (Å²) in [5.74, 6) is -1.54. The van der Waals surface area contributed by atoms with Gasteiger partial charge in [0.05, 0.1) is 29.9 Å². The highest BCUT2D eigenvalue weighted by atomic mass is 35.5. The maximum absolute atomic E-state index is 15.3. The standard InChI is InChI=1S/C46H53ClF2N6O4/c1-3-30-5-4-6-32(24-30)33-25-38(48)42(39(49)26-33)46(58)54-17-13-36(14-18-54)59-35-11-15-52(16-12-35)27-37(31-7-9-34(47)10-8-31)45(57)55-21-19-53(20-22-55)44-41-29(2)23-40(56)43(41)50-28-51-44/h4-10,24-26,28-29,35-37,40,56H,3,11-23,27H2,1-2H3/t29-,37-,40-/m1/s1. The van der Waals surface area contributed by atoms with E-state index in [4.69, 9.17) is 16.3 Å². The number of aromatic nitrogens is 2. The number of aliphatic hydroxyl groups excluding tert-OH is 1. The lowest BCUT2D eigenvalue weighted by molar-refractivity contribution is -0.133. The summed E-state index contributed by atoms with van der Waals surface area (Å²) in [5, 5.41) is 11.1. The van der Waals surface area contributed by atoms with Gasteiger partial charge in [-0.05, 0) is 91.0 Å². The Morgan fingerprint density at radius 3 is 2.17 bits per heavy atom. The second kappa shape index (κ2) is 18.0. The van der Waals surface area contributed by atoms with E-state index < -0.39 is 29.2 Å². The summed E-state index contributed by atoms with van der Waals surface area (Å²) >= 11 is 6.26. The second-order valence-corrected chi connectivity index (χ2v) is 17.0. The number of carbonyl (C=O) groups is 2. The maximum Gasteiger partial charge on any atom is 0.259 e. The lowest BCUT2D eigenvalue weighted by Crippen LogP contribution is -2.52. The van der Waals surface area contributed by atoms with Crippen molar-refractivity contribution in [1.29, 1.82) is 0 Å². The van der Waals surface area contributed by atoms with E-state index in [0.29, 0.717) is 81.2 Å². The van der Waals surface area contributed by atoms with Crippen molar-refractivity contribution in [2.75, 3.05) is 63.8 Å². The van der Waals surface area contributed by atoms with Crippen LogP contribution in [0.1, 0.15) is 96.6 Å². The van der Waals surface area contributed by atoms with Gasteiger partial charge in [0.25, 0.3) is 5.91 Å². The average molecular weight is 827 g/mol. The van der Waals surface area contributed by atoms with Gasteiger partial charge in [-0.1, -0.05) is 61.8 Å². The first kappa shape index (κ1) is 41.3. The maximum atomic E-state index is 15.3. The number of hydrogen-bond acceptors (Lipinski definition) is 8. The molecule has 1 N–H and O–H groups in total. The number of piperidine rings is 2. The van der Waals surface area contributed by atoms with E-state index in [2.05, 4.69) is 26.7 Å². The van der Waals surface area contributed by atoms with Gasteiger partial charge in [0.2, 0.25) is 5.91 Å². The summed E-state index contributed by atoms with van der Waals surface area (Å²) in [6.45, 7) is 9.45. The quantitative estimate of drug-likeness (QED) is 0.177. The monoisotopic (exact) mass is 826 g/mol. The molecule has 13 heteroatoms. The first-order valence-electron chi connectivity index (χ1n) is 21.1. The minimum atomic E-state index is -0.849. The second-order valence-electron chi connectivity index (χ2n) is 16.6. The molecule has 10 nitrogen and oxygen atoms in total. The number of fused-ring (bicyclic) bond motifs is 1. The molecule has 0 saturated carbocycles. The third kappa shape index (κ3) is 9.01. The fraction of sp³-hybridized carbons (Fsp3) is 0.478. The summed E-state index contributed by atoms with van der Waals surface area (Å²) in [7, 11) is 0. The number of ether oxygens (including phenoxy) is 1. The highest BCUT2D eigenvalue weighted by Crippen LogP contribution is 2.43. The molecule has 3 atom stereocenters. The Kier molecular flexibility index (Phi) is 12.6. The largest absolute Gasteiger partial charge is 0.387 e. The van der Waals surface area contributed by atoms with Gasteiger partial charge >= 0.3 is 0 Å². The Morgan fingerprint density at radius 1 is 0.847 bits per heavy atom. The number of anilines is 1. The number of piperazine rings is 1. The normalized spacial score (nSPS) is 21.2. The molecule has 0 unspecified atom stereocenters. The van der Waals surface area contributed by atoms with E-state index in [1.807, 2.05) is 60.4 Å². The summed E-state index contributed by atoms with van der Waals surface area (Å²) in [6, 6.07) is 17.7. The van der Waals surface area contributed by atoms with Crippen LogP contribution in [0, 0.1) is 11.6 Å². The van der Waals surface area contributed by atoms with Gasteiger partial charge in [-0.15, -0.1) is 0 Å². The van der Waals surface area contributed by atoms with E-state index in [0.717, 1.165) is 60.6 Å². The predicted octanol–water partition coefficient (Wildman–Crippen LogP) is 7.40. The summed E-state index contributed by atoms with van der Waals surface area (Å²) < 4.78 is 37.2. The van der Waals surface area contributed by atoms with Crippen LogP contribution in [0.3, 0.4) is 0 Å². The van der Waals surface area contributed by atoms with E-state index in [1.165, 1.54) is 23.4 Å². The average Bonchev–Trinajstić information content (AvgIpc) is 3.56. The zero-order valence-electron chi connectivity index (χ0n) is 33.8. The molecule has 59 heavy (non-hydrogen) atoms. The Morgan fingerprint density at radius 2 is 1.51 bits per heavy atom. The number of halogens is 3. The van der Waals surface area contributed by atoms with Crippen LogP contribution in [0.25, 0.3) is 11.1 Å². The summed E-state index contributed by atoms with van der Waals surface area (Å²) in [4.78, 5) is 44.7. The molecule has 0 spiro atoms. The summed E-state index contributed by atoms with van der Waals surface area (Å²) in [5.41, 5.74) is 4.36. The SMILES string of the molecule is CCc1cccc(-c2cc(F)c(C(=O)N3CCC(OC4CCN(C[C@@H](C(=O)N5CCN(c6ncnc7c6[C@H](C)C[C@H]7O)CC5)c5ccc(Cl)cc5)CC4)CC3)c(F)c2)c1. The van der Waals surface area contributed by atoms with Crippen molar-refractivity contribution in [2.45, 2.75) is 82.5 Å². The third-order valence-electron chi connectivity index (χ3n) is 12.8. The van der Waals surface area contributed by atoms with Crippen LogP contribution < -0.4 is 4.90 Å².